The first-order chi connectivity index (χ1) is 4.86. The zero-order valence-electron chi connectivity index (χ0n) is 5.21. The Morgan fingerprint density at radius 2 is 2.40 bits per heavy atom. The first-order valence-electron chi connectivity index (χ1n) is 3.02. The number of hydrogen-bond donors (Lipinski definition) is 0. The first kappa shape index (κ1) is 5.86. The molecule has 2 aliphatic rings. The van der Waals surface area contributed by atoms with Crippen LogP contribution >= 0.6 is 11.6 Å². The molecule has 50 valence electrons. The van der Waals surface area contributed by atoms with Gasteiger partial charge in [-0.3, -0.25) is 4.99 Å². The van der Waals surface area contributed by atoms with Gasteiger partial charge in [-0.2, -0.15) is 0 Å². The Morgan fingerprint density at radius 3 is 3.20 bits per heavy atom. The Kier molecular flexibility index (Phi) is 1.21. The van der Waals surface area contributed by atoms with Gasteiger partial charge >= 0.3 is 0 Å². The van der Waals surface area contributed by atoms with Gasteiger partial charge in [-0.15, -0.1) is 0 Å². The summed E-state index contributed by atoms with van der Waals surface area (Å²) in [4.78, 5) is 8.07. The monoisotopic (exact) mass is 152 g/mol. The first-order valence-corrected chi connectivity index (χ1v) is 3.40. The Balaban J connectivity index is 2.46. The fraction of sp³-hybridized carbons (Fsp3) is 0.143. The molecule has 0 N–H and O–H groups in total. The summed E-state index contributed by atoms with van der Waals surface area (Å²) in [6.07, 6.45) is 5.61. The highest BCUT2D eigenvalue weighted by molar-refractivity contribution is 6.44. The van der Waals surface area contributed by atoms with Crippen molar-refractivity contribution in [2.24, 2.45) is 9.98 Å². The Labute approximate surface area is 63.6 Å². The van der Waals surface area contributed by atoms with Crippen molar-refractivity contribution in [3.63, 3.8) is 0 Å². The third kappa shape index (κ3) is 0.809. The molecule has 2 aliphatic heterocycles. The molecule has 0 aromatic carbocycles. The predicted molar refractivity (Wildman–Crippen MR) is 42.8 cm³/mol. The lowest BCUT2D eigenvalue weighted by Gasteiger charge is -1.99. The lowest BCUT2D eigenvalue weighted by Crippen LogP contribution is -2.04. The van der Waals surface area contributed by atoms with Gasteiger partial charge in [-0.25, -0.2) is 4.99 Å². The molecule has 0 radical (unpaired) electrons. The van der Waals surface area contributed by atoms with Crippen molar-refractivity contribution < 1.29 is 0 Å². The van der Waals surface area contributed by atoms with Crippen molar-refractivity contribution in [3.8, 4) is 0 Å². The van der Waals surface area contributed by atoms with E-state index in [-0.39, 0.29) is 0 Å². The van der Waals surface area contributed by atoms with Crippen LogP contribution in [0, 0.1) is 0 Å². The summed E-state index contributed by atoms with van der Waals surface area (Å²) in [6.45, 7) is 0.745. The minimum absolute atomic E-state index is 0.551. The van der Waals surface area contributed by atoms with Gasteiger partial charge < -0.3 is 0 Å². The molecule has 2 nitrogen and oxygen atoms in total. The standard InChI is InChI=1S/C7H5ClN2/c8-7-3-5-1-2-9-4-6(5)10-7/h1,3-4H,2H2. The van der Waals surface area contributed by atoms with Crippen LogP contribution in [-0.4, -0.2) is 18.5 Å². The number of dihydropyridines is 1. The molecule has 0 aliphatic carbocycles. The third-order valence-electron chi connectivity index (χ3n) is 1.43. The third-order valence-corrected chi connectivity index (χ3v) is 1.62. The van der Waals surface area contributed by atoms with E-state index in [1.165, 1.54) is 0 Å². The number of nitrogens with zero attached hydrogens (tertiary/aromatic N) is 2. The van der Waals surface area contributed by atoms with Crippen LogP contribution in [-0.2, 0) is 0 Å². The number of halogens is 1. The fourth-order valence-electron chi connectivity index (χ4n) is 0.971. The number of aliphatic imine (C=N–C) groups is 2. The smallest absolute Gasteiger partial charge is 0.130 e. The minimum atomic E-state index is 0.551. The lowest BCUT2D eigenvalue weighted by molar-refractivity contribution is 1.24. The highest BCUT2D eigenvalue weighted by Gasteiger charge is 2.12. The largest absolute Gasteiger partial charge is 0.287 e. The summed E-state index contributed by atoms with van der Waals surface area (Å²) in [5.74, 6) is 0. The SMILES string of the molecule is ClC1=CC2=CCN=CC2=N1. The summed E-state index contributed by atoms with van der Waals surface area (Å²) in [6, 6.07) is 0. The van der Waals surface area contributed by atoms with Crippen LogP contribution in [0.2, 0.25) is 0 Å². The van der Waals surface area contributed by atoms with Crippen molar-refractivity contribution in [1.29, 1.82) is 0 Å². The molecule has 3 heteroatoms. The van der Waals surface area contributed by atoms with Gasteiger partial charge in [0.25, 0.3) is 0 Å². The van der Waals surface area contributed by atoms with Crippen molar-refractivity contribution >= 4 is 23.5 Å². The van der Waals surface area contributed by atoms with Crippen molar-refractivity contribution in [2.75, 3.05) is 6.54 Å². The van der Waals surface area contributed by atoms with Crippen molar-refractivity contribution in [3.05, 3.63) is 22.9 Å². The summed E-state index contributed by atoms with van der Waals surface area (Å²) in [5, 5.41) is 0.551. The molecular formula is C7H5ClN2. The Bertz CT molecular complexity index is 284. The molecule has 0 spiro atoms. The van der Waals surface area contributed by atoms with Gasteiger partial charge in [0.05, 0.1) is 12.3 Å². The highest BCUT2D eigenvalue weighted by Crippen LogP contribution is 2.19. The van der Waals surface area contributed by atoms with Crippen LogP contribution < -0.4 is 0 Å². The van der Waals surface area contributed by atoms with Crippen LogP contribution in [0.15, 0.2) is 32.9 Å². The highest BCUT2D eigenvalue weighted by atomic mass is 35.5. The van der Waals surface area contributed by atoms with Crippen LogP contribution in [0.3, 0.4) is 0 Å². The van der Waals surface area contributed by atoms with Gasteiger partial charge in [0, 0.05) is 11.8 Å². The van der Waals surface area contributed by atoms with Crippen LogP contribution in [0.1, 0.15) is 0 Å². The average molecular weight is 153 g/mol. The maximum atomic E-state index is 5.66. The van der Waals surface area contributed by atoms with Gasteiger partial charge in [0.15, 0.2) is 0 Å². The van der Waals surface area contributed by atoms with E-state index < -0.39 is 0 Å². The van der Waals surface area contributed by atoms with E-state index in [0.29, 0.717) is 5.16 Å². The number of allylic oxidation sites excluding steroid dienone is 2. The van der Waals surface area contributed by atoms with E-state index in [1.807, 2.05) is 12.2 Å². The second-order valence-electron chi connectivity index (χ2n) is 2.12. The molecular weight excluding hydrogens is 148 g/mol. The molecule has 0 bridgehead atoms. The minimum Gasteiger partial charge on any atom is -0.287 e. The van der Waals surface area contributed by atoms with Gasteiger partial charge in [-0.1, -0.05) is 17.7 Å². The number of hydrogen-bond acceptors (Lipinski definition) is 2. The summed E-state index contributed by atoms with van der Waals surface area (Å²) in [5.41, 5.74) is 1.98. The molecule has 0 saturated carbocycles. The Hall–Kier alpha value is -0.890. The van der Waals surface area contributed by atoms with E-state index >= 15 is 0 Å². The van der Waals surface area contributed by atoms with E-state index in [0.717, 1.165) is 17.8 Å². The zero-order chi connectivity index (χ0) is 6.97. The summed E-state index contributed by atoms with van der Waals surface area (Å²) >= 11 is 5.66. The lowest BCUT2D eigenvalue weighted by atomic mass is 10.1. The van der Waals surface area contributed by atoms with E-state index in [1.54, 1.807) is 6.21 Å². The predicted octanol–water partition coefficient (Wildman–Crippen LogP) is 1.53. The molecule has 2 heterocycles. The second-order valence-corrected chi connectivity index (χ2v) is 2.51. The average Bonchev–Trinajstić information content (AvgIpc) is 2.27. The molecule has 0 unspecified atom stereocenters. The topological polar surface area (TPSA) is 24.7 Å². The number of fused-ring (bicyclic) bond motifs is 1. The second kappa shape index (κ2) is 2.06. The molecule has 0 amide bonds. The molecule has 0 fully saturated rings. The summed E-state index contributed by atoms with van der Waals surface area (Å²) in [7, 11) is 0. The maximum Gasteiger partial charge on any atom is 0.130 e. The van der Waals surface area contributed by atoms with E-state index in [9.17, 15) is 0 Å². The summed E-state index contributed by atoms with van der Waals surface area (Å²) < 4.78 is 0. The zero-order valence-corrected chi connectivity index (χ0v) is 5.97. The fourth-order valence-corrected chi connectivity index (χ4v) is 1.18. The molecule has 0 saturated heterocycles. The van der Waals surface area contributed by atoms with Gasteiger partial charge in [0.2, 0.25) is 0 Å². The van der Waals surface area contributed by atoms with Crippen LogP contribution in [0.4, 0.5) is 0 Å². The van der Waals surface area contributed by atoms with E-state index in [4.69, 9.17) is 11.6 Å². The molecule has 2 rings (SSSR count). The molecule has 0 atom stereocenters. The molecule has 0 aromatic heterocycles. The molecule has 10 heavy (non-hydrogen) atoms. The van der Waals surface area contributed by atoms with Crippen molar-refractivity contribution in [1.82, 2.24) is 0 Å². The maximum absolute atomic E-state index is 5.66. The Morgan fingerprint density at radius 1 is 1.50 bits per heavy atom. The van der Waals surface area contributed by atoms with Crippen LogP contribution in [0.5, 0.6) is 0 Å². The molecule has 0 aromatic rings. The van der Waals surface area contributed by atoms with Crippen LogP contribution in [0.25, 0.3) is 0 Å². The van der Waals surface area contributed by atoms with Gasteiger partial charge in [0.1, 0.15) is 5.16 Å². The van der Waals surface area contributed by atoms with E-state index in [2.05, 4.69) is 9.98 Å². The van der Waals surface area contributed by atoms with Gasteiger partial charge in [-0.05, 0) is 6.08 Å². The normalized spacial score (nSPS) is 21.5. The van der Waals surface area contributed by atoms with Crippen molar-refractivity contribution in [2.45, 2.75) is 0 Å². The number of rotatable bonds is 0. The quantitative estimate of drug-likeness (QED) is 0.471.